The van der Waals surface area contributed by atoms with Crippen LogP contribution in [0.2, 0.25) is 5.02 Å². The first-order valence-corrected chi connectivity index (χ1v) is 16.4. The lowest BCUT2D eigenvalue weighted by molar-refractivity contribution is -0.164. The Kier molecular flexibility index (Phi) is 11.9. The number of carbonyl (C=O) groups excluding carboxylic acids is 4. The second-order valence-electron chi connectivity index (χ2n) is 12.7. The molecular weight excluding hydrogens is 636 g/mol. The number of phenols is 1. The quantitative estimate of drug-likeness (QED) is 0.228. The Bertz CT molecular complexity index is 1690. The summed E-state index contributed by atoms with van der Waals surface area (Å²) in [7, 11) is 2.85. The first-order chi connectivity index (χ1) is 22.7. The number of cyclic esters (lactones) is 1. The predicted molar refractivity (Wildman–Crippen MR) is 183 cm³/mol. The summed E-state index contributed by atoms with van der Waals surface area (Å²) in [5.74, 6) is -2.92. The number of esters is 1. The van der Waals surface area contributed by atoms with Gasteiger partial charge in [-0.1, -0.05) is 61.4 Å². The van der Waals surface area contributed by atoms with Crippen LogP contribution in [0, 0.1) is 11.8 Å². The van der Waals surface area contributed by atoms with E-state index in [1.54, 1.807) is 27.0 Å². The lowest BCUT2D eigenvalue weighted by atomic mass is 9.95. The number of para-hydroxylation sites is 1. The van der Waals surface area contributed by atoms with Gasteiger partial charge in [-0.3, -0.25) is 14.4 Å². The molecule has 0 bridgehead atoms. The summed E-state index contributed by atoms with van der Waals surface area (Å²) < 4.78 is 11.6. The molecule has 0 saturated carbocycles. The summed E-state index contributed by atoms with van der Waals surface area (Å²) in [6.07, 6.45) is 2.39. The van der Waals surface area contributed by atoms with E-state index in [2.05, 4.69) is 15.6 Å². The summed E-state index contributed by atoms with van der Waals surface area (Å²) in [6, 6.07) is 8.79. The number of fused-ring (bicyclic) bond motifs is 1. The summed E-state index contributed by atoms with van der Waals surface area (Å²) in [5.41, 5.74) is 2.95. The number of amides is 3. The number of H-pyrrole nitrogens is 1. The molecule has 0 saturated heterocycles. The largest absolute Gasteiger partial charge is 0.506 e. The molecule has 0 spiro atoms. The van der Waals surface area contributed by atoms with Crippen molar-refractivity contribution in [1.82, 2.24) is 20.5 Å². The maximum Gasteiger partial charge on any atom is 0.338 e. The third-order valence-electron chi connectivity index (χ3n) is 9.02. The fourth-order valence-corrected chi connectivity index (χ4v) is 6.23. The summed E-state index contributed by atoms with van der Waals surface area (Å²) in [4.78, 5) is 59.7. The molecule has 1 aliphatic heterocycles. The number of aromatic nitrogens is 1. The number of ether oxygens (including phenoxy) is 2. The van der Waals surface area contributed by atoms with E-state index >= 15 is 0 Å². The van der Waals surface area contributed by atoms with Gasteiger partial charge >= 0.3 is 5.97 Å². The van der Waals surface area contributed by atoms with E-state index in [4.69, 9.17) is 21.1 Å². The maximum atomic E-state index is 14.4. The van der Waals surface area contributed by atoms with Gasteiger partial charge in [0.05, 0.1) is 11.1 Å². The van der Waals surface area contributed by atoms with Crippen LogP contribution in [0.3, 0.4) is 0 Å². The van der Waals surface area contributed by atoms with Crippen LogP contribution in [0.4, 0.5) is 0 Å². The van der Waals surface area contributed by atoms with Gasteiger partial charge in [0.2, 0.25) is 17.7 Å². The van der Waals surface area contributed by atoms with Crippen LogP contribution in [0.1, 0.15) is 58.2 Å². The normalized spacial score (nSPS) is 28.1. The van der Waals surface area contributed by atoms with Crippen molar-refractivity contribution in [3.63, 3.8) is 0 Å². The molecule has 48 heavy (non-hydrogen) atoms. The Hall–Kier alpha value is -4.35. The number of carbonyl (C=O) groups is 4. The number of nitrogens with one attached hydrogen (secondary N) is 3. The van der Waals surface area contributed by atoms with E-state index in [9.17, 15) is 24.3 Å². The summed E-state index contributed by atoms with van der Waals surface area (Å²) in [5, 5.41) is 16.8. The average molecular weight is 681 g/mol. The van der Waals surface area contributed by atoms with Crippen LogP contribution < -0.4 is 10.6 Å². The number of aromatic amines is 1. The molecule has 1 aromatic heterocycles. The molecular formula is C36H45ClN4O7. The molecule has 12 heteroatoms. The molecule has 1 aliphatic rings. The molecule has 0 unspecified atom stereocenters. The van der Waals surface area contributed by atoms with Crippen molar-refractivity contribution in [3.05, 3.63) is 76.5 Å². The molecule has 3 amide bonds. The van der Waals surface area contributed by atoms with Gasteiger partial charge in [-0.2, -0.15) is 0 Å². The van der Waals surface area contributed by atoms with Crippen molar-refractivity contribution >= 4 is 46.2 Å². The number of hydrogen-bond acceptors (Lipinski definition) is 7. The smallest absolute Gasteiger partial charge is 0.338 e. The predicted octanol–water partition coefficient (Wildman–Crippen LogP) is 4.83. The fraction of sp³-hybridized carbons (Fsp3) is 0.444. The summed E-state index contributed by atoms with van der Waals surface area (Å²) in [6.45, 7) is 8.94. The number of benzene rings is 2. The number of halogens is 1. The van der Waals surface area contributed by atoms with Gasteiger partial charge in [0.25, 0.3) is 0 Å². The van der Waals surface area contributed by atoms with Crippen LogP contribution >= 0.6 is 11.6 Å². The van der Waals surface area contributed by atoms with Crippen LogP contribution in [0.5, 0.6) is 5.75 Å². The van der Waals surface area contributed by atoms with Crippen molar-refractivity contribution in [2.45, 2.75) is 77.8 Å². The fourth-order valence-electron chi connectivity index (χ4n) is 6.04. The monoisotopic (exact) mass is 680 g/mol. The van der Waals surface area contributed by atoms with Crippen molar-refractivity contribution in [2.24, 2.45) is 11.8 Å². The number of rotatable bonds is 4. The minimum atomic E-state index is -1.32. The molecule has 0 radical (unpaired) electrons. The average Bonchev–Trinajstić information content (AvgIpc) is 3.46. The molecule has 3 aromatic rings. The Morgan fingerprint density at radius 1 is 1.02 bits per heavy atom. The zero-order valence-corrected chi connectivity index (χ0v) is 29.1. The lowest BCUT2D eigenvalue weighted by Crippen LogP contribution is -2.56. The lowest BCUT2D eigenvalue weighted by Gasteiger charge is -2.33. The Labute approximate surface area is 286 Å². The van der Waals surface area contributed by atoms with Crippen LogP contribution in [-0.4, -0.2) is 77.1 Å². The molecule has 258 valence electrons. The standard InChI is InChI=1S/C36H45ClN4O7/c1-19-14-20(2)23(5)48-36(46)32(47-7)31(24-12-13-30(42)27(37)16-24)40-34(44)29(17-25-18-38-28-11-9-8-10-26(25)28)41(6)35(45)22(4)39-33(43)21(3)15-19/h8-14,16,18,20-23,29,31-32,38,42H,15,17H2,1-7H3,(H,39,43)(H,40,44)/b19-14-/t20-,21-,22-,23+,29+,31-,32-/m0/s1. The van der Waals surface area contributed by atoms with E-state index in [1.165, 1.54) is 37.3 Å². The topological polar surface area (TPSA) is 150 Å². The van der Waals surface area contributed by atoms with Crippen LogP contribution in [0.15, 0.2) is 60.3 Å². The van der Waals surface area contributed by atoms with E-state index < -0.39 is 54.0 Å². The highest BCUT2D eigenvalue weighted by Crippen LogP contribution is 2.30. The van der Waals surface area contributed by atoms with Gasteiger partial charge in [0, 0.05) is 49.5 Å². The molecule has 4 N–H and O–H groups in total. The van der Waals surface area contributed by atoms with E-state index in [-0.39, 0.29) is 29.0 Å². The molecule has 2 heterocycles. The van der Waals surface area contributed by atoms with Crippen LogP contribution in [0.25, 0.3) is 10.9 Å². The second kappa shape index (κ2) is 15.7. The van der Waals surface area contributed by atoms with Gasteiger partial charge in [-0.05, 0) is 56.5 Å². The molecule has 2 aromatic carbocycles. The van der Waals surface area contributed by atoms with Gasteiger partial charge in [0.1, 0.15) is 23.9 Å². The number of nitrogens with zero attached hydrogens (tertiary/aromatic N) is 1. The number of methoxy groups -OCH3 is 1. The van der Waals surface area contributed by atoms with Crippen molar-refractivity contribution in [3.8, 4) is 5.75 Å². The van der Waals surface area contributed by atoms with Crippen molar-refractivity contribution in [1.29, 1.82) is 0 Å². The maximum absolute atomic E-state index is 14.4. The Morgan fingerprint density at radius 3 is 2.42 bits per heavy atom. The molecule has 0 fully saturated rings. The first kappa shape index (κ1) is 36.5. The Balaban J connectivity index is 1.82. The zero-order valence-electron chi connectivity index (χ0n) is 28.4. The van der Waals surface area contributed by atoms with Gasteiger partial charge in [-0.15, -0.1) is 0 Å². The highest BCUT2D eigenvalue weighted by Gasteiger charge is 2.38. The Morgan fingerprint density at radius 2 is 1.73 bits per heavy atom. The highest BCUT2D eigenvalue weighted by molar-refractivity contribution is 6.32. The number of likely N-dealkylation sites (N-methyl/N-ethyl adjacent to an activating group) is 1. The van der Waals surface area contributed by atoms with Gasteiger partial charge in [-0.25, -0.2) is 4.79 Å². The third-order valence-corrected chi connectivity index (χ3v) is 9.32. The third kappa shape index (κ3) is 8.38. The minimum Gasteiger partial charge on any atom is -0.506 e. The molecule has 7 atom stereocenters. The van der Waals surface area contributed by atoms with Crippen molar-refractivity contribution in [2.75, 3.05) is 14.2 Å². The second-order valence-corrected chi connectivity index (χ2v) is 13.1. The number of hydrogen-bond donors (Lipinski definition) is 4. The molecule has 0 aliphatic carbocycles. The van der Waals surface area contributed by atoms with E-state index in [0.717, 1.165) is 22.0 Å². The van der Waals surface area contributed by atoms with Gasteiger partial charge in [0.15, 0.2) is 6.10 Å². The number of aromatic hydroxyl groups is 1. The molecule has 11 nitrogen and oxygen atoms in total. The summed E-state index contributed by atoms with van der Waals surface area (Å²) >= 11 is 6.28. The van der Waals surface area contributed by atoms with Crippen LogP contribution in [-0.2, 0) is 35.1 Å². The molecule has 4 rings (SSSR count). The SMILES string of the molecule is CO[C@@H]1C(=O)O[C@H](C)[C@@H](C)/C=C(/C)C[C@H](C)C(=O)N[C@@H](C)C(=O)N(C)[C@H](Cc2c[nH]c3ccccc23)C(=O)N[C@H]1c1ccc(O)c(Cl)c1. The van der Waals surface area contributed by atoms with Gasteiger partial charge < -0.3 is 35.1 Å². The van der Waals surface area contributed by atoms with E-state index in [1.807, 2.05) is 44.2 Å². The minimum absolute atomic E-state index is 0.00784. The zero-order chi connectivity index (χ0) is 35.3. The first-order valence-electron chi connectivity index (χ1n) is 16.0. The van der Waals surface area contributed by atoms with E-state index in [0.29, 0.717) is 12.0 Å². The van der Waals surface area contributed by atoms with Crippen molar-refractivity contribution < 1.29 is 33.8 Å². The number of allylic oxidation sites excluding steroid dienone is 1. The number of phenolic OH excluding ortho intramolecular Hbond substituents is 1. The highest BCUT2D eigenvalue weighted by atomic mass is 35.5.